The summed E-state index contributed by atoms with van der Waals surface area (Å²) >= 11 is 0. The second kappa shape index (κ2) is 8.37. The van der Waals surface area contributed by atoms with Gasteiger partial charge in [0.05, 0.1) is 4.90 Å². The fraction of sp³-hybridized carbons (Fsp3) is 0.150. The third kappa shape index (κ3) is 4.65. The molecule has 1 aromatic heterocycles. The molecule has 0 unspecified atom stereocenters. The molecule has 146 valence electrons. The number of nitrogens with one attached hydrogen (secondary N) is 3. The number of aromatic nitrogens is 1. The van der Waals surface area contributed by atoms with Gasteiger partial charge in [-0.1, -0.05) is 12.1 Å². The minimum Gasteiger partial charge on any atom is -0.361 e. The Morgan fingerprint density at radius 3 is 2.64 bits per heavy atom. The molecule has 0 saturated carbocycles. The Bertz CT molecular complexity index is 1120. The van der Waals surface area contributed by atoms with E-state index in [0.717, 1.165) is 16.5 Å². The van der Waals surface area contributed by atoms with Crippen molar-refractivity contribution >= 4 is 32.9 Å². The van der Waals surface area contributed by atoms with Gasteiger partial charge in [0.2, 0.25) is 15.9 Å². The largest absolute Gasteiger partial charge is 0.361 e. The summed E-state index contributed by atoms with van der Waals surface area (Å²) in [4.78, 5) is 15.2. The summed E-state index contributed by atoms with van der Waals surface area (Å²) in [6.45, 7) is 0.409. The van der Waals surface area contributed by atoms with Crippen LogP contribution in [0.1, 0.15) is 11.1 Å². The van der Waals surface area contributed by atoms with Crippen LogP contribution >= 0.6 is 0 Å². The quantitative estimate of drug-likeness (QED) is 0.532. The van der Waals surface area contributed by atoms with E-state index in [2.05, 4.69) is 15.0 Å². The Balaban J connectivity index is 1.54. The Morgan fingerprint density at radius 1 is 1.18 bits per heavy atom. The highest BCUT2D eigenvalue weighted by atomic mass is 32.2. The molecular weight excluding hydrogens is 381 g/mol. The van der Waals surface area contributed by atoms with Crippen LogP contribution in [0.3, 0.4) is 0 Å². The minimum absolute atomic E-state index is 0.159. The summed E-state index contributed by atoms with van der Waals surface area (Å²) in [7, 11) is -2.13. The lowest BCUT2D eigenvalue weighted by Gasteiger charge is -2.03. The number of amides is 1. The molecule has 0 bridgehead atoms. The third-order valence-electron chi connectivity index (χ3n) is 4.31. The molecule has 0 aliphatic carbocycles. The van der Waals surface area contributed by atoms with Crippen molar-refractivity contribution in [3.8, 4) is 0 Å². The topological polar surface area (TPSA) is 91.1 Å². The average Bonchev–Trinajstić information content (AvgIpc) is 3.09. The molecule has 1 amide bonds. The number of halogens is 1. The summed E-state index contributed by atoms with van der Waals surface area (Å²) in [5.41, 5.74) is 2.49. The summed E-state index contributed by atoms with van der Waals surface area (Å²) in [5.74, 6) is -0.563. The van der Waals surface area contributed by atoms with E-state index in [0.29, 0.717) is 18.5 Å². The van der Waals surface area contributed by atoms with Crippen molar-refractivity contribution < 1.29 is 17.6 Å². The lowest BCUT2D eigenvalue weighted by Crippen LogP contribution is -2.23. The van der Waals surface area contributed by atoms with Gasteiger partial charge in [-0.3, -0.25) is 4.79 Å². The van der Waals surface area contributed by atoms with E-state index in [1.54, 1.807) is 24.3 Å². The zero-order valence-electron chi connectivity index (χ0n) is 15.2. The normalized spacial score (nSPS) is 11.9. The van der Waals surface area contributed by atoms with E-state index in [1.165, 1.54) is 37.4 Å². The van der Waals surface area contributed by atoms with Gasteiger partial charge >= 0.3 is 0 Å². The van der Waals surface area contributed by atoms with Crippen LogP contribution in [0.2, 0.25) is 0 Å². The number of carbonyl (C=O) groups is 1. The SMILES string of the molecule is CNS(=O)(=O)c1ccc(/C=C/C(=O)NCCc2c[nH]c3ccc(F)cc23)cc1. The van der Waals surface area contributed by atoms with Crippen LogP contribution in [0.15, 0.2) is 59.6 Å². The number of sulfonamides is 1. The summed E-state index contributed by atoms with van der Waals surface area (Å²) in [5, 5.41) is 3.58. The van der Waals surface area contributed by atoms with E-state index in [4.69, 9.17) is 0 Å². The minimum atomic E-state index is -3.48. The molecule has 6 nitrogen and oxygen atoms in total. The van der Waals surface area contributed by atoms with Crippen LogP contribution in [-0.4, -0.2) is 32.9 Å². The van der Waals surface area contributed by atoms with Crippen LogP contribution in [0.4, 0.5) is 4.39 Å². The van der Waals surface area contributed by atoms with Gasteiger partial charge in [0.1, 0.15) is 5.82 Å². The van der Waals surface area contributed by atoms with Crippen molar-refractivity contribution in [3.63, 3.8) is 0 Å². The van der Waals surface area contributed by atoms with Crippen LogP contribution in [0.25, 0.3) is 17.0 Å². The van der Waals surface area contributed by atoms with Gasteiger partial charge < -0.3 is 10.3 Å². The van der Waals surface area contributed by atoms with E-state index in [-0.39, 0.29) is 16.6 Å². The van der Waals surface area contributed by atoms with E-state index >= 15 is 0 Å². The van der Waals surface area contributed by atoms with Crippen molar-refractivity contribution in [1.82, 2.24) is 15.0 Å². The monoisotopic (exact) mass is 401 g/mol. The molecule has 3 N–H and O–H groups in total. The van der Waals surface area contributed by atoms with Gasteiger partial charge in [-0.15, -0.1) is 0 Å². The Kier molecular flexibility index (Phi) is 5.91. The van der Waals surface area contributed by atoms with Gasteiger partial charge in [-0.2, -0.15) is 0 Å². The molecule has 0 radical (unpaired) electrons. The third-order valence-corrected chi connectivity index (χ3v) is 5.74. The number of benzene rings is 2. The van der Waals surface area contributed by atoms with Crippen molar-refractivity contribution in [2.24, 2.45) is 0 Å². The first-order chi connectivity index (χ1) is 13.4. The molecule has 0 aliphatic heterocycles. The first-order valence-electron chi connectivity index (χ1n) is 8.64. The van der Waals surface area contributed by atoms with E-state index < -0.39 is 10.0 Å². The maximum Gasteiger partial charge on any atom is 0.244 e. The maximum absolute atomic E-state index is 13.4. The van der Waals surface area contributed by atoms with E-state index in [1.807, 2.05) is 6.20 Å². The highest BCUT2D eigenvalue weighted by molar-refractivity contribution is 7.89. The molecule has 3 rings (SSSR count). The molecule has 3 aromatic rings. The van der Waals surface area contributed by atoms with Gasteiger partial charge in [-0.25, -0.2) is 17.5 Å². The lowest BCUT2D eigenvalue weighted by atomic mass is 10.1. The second-order valence-corrected chi connectivity index (χ2v) is 8.04. The number of aromatic amines is 1. The second-order valence-electron chi connectivity index (χ2n) is 6.15. The first-order valence-corrected chi connectivity index (χ1v) is 10.1. The molecule has 0 aliphatic rings. The molecule has 1 heterocycles. The van der Waals surface area contributed by atoms with Crippen molar-refractivity contribution in [2.45, 2.75) is 11.3 Å². The summed E-state index contributed by atoms with van der Waals surface area (Å²) in [6, 6.07) is 10.7. The number of fused-ring (bicyclic) bond motifs is 1. The number of rotatable bonds is 7. The summed E-state index contributed by atoms with van der Waals surface area (Å²) in [6.07, 6.45) is 5.37. The van der Waals surface area contributed by atoms with Crippen LogP contribution in [0.5, 0.6) is 0 Å². The zero-order chi connectivity index (χ0) is 20.1. The fourth-order valence-electron chi connectivity index (χ4n) is 2.78. The number of carbonyl (C=O) groups excluding carboxylic acids is 1. The molecule has 0 atom stereocenters. The van der Waals surface area contributed by atoms with Crippen LogP contribution in [-0.2, 0) is 21.2 Å². The van der Waals surface area contributed by atoms with Gasteiger partial charge in [0.25, 0.3) is 0 Å². The highest BCUT2D eigenvalue weighted by Crippen LogP contribution is 2.19. The van der Waals surface area contributed by atoms with Gasteiger partial charge in [-0.05, 0) is 61.0 Å². The molecule has 0 fully saturated rings. The van der Waals surface area contributed by atoms with Crippen molar-refractivity contribution in [1.29, 1.82) is 0 Å². The Labute approximate surface area is 162 Å². The standard InChI is InChI=1S/C20H20FN3O3S/c1-22-28(26,27)17-6-2-14(3-7-17)4-9-20(25)23-11-10-15-13-24-19-8-5-16(21)12-18(15)19/h2-9,12-13,22,24H,10-11H2,1H3,(H,23,25)/b9-4+. The smallest absolute Gasteiger partial charge is 0.244 e. The average molecular weight is 401 g/mol. The van der Waals surface area contributed by atoms with Crippen LogP contribution < -0.4 is 10.0 Å². The lowest BCUT2D eigenvalue weighted by molar-refractivity contribution is -0.116. The maximum atomic E-state index is 13.4. The van der Waals surface area contributed by atoms with Crippen molar-refractivity contribution in [3.05, 3.63) is 71.7 Å². The first kappa shape index (κ1) is 19.8. The zero-order valence-corrected chi connectivity index (χ0v) is 16.0. The van der Waals surface area contributed by atoms with Gasteiger partial charge in [0.15, 0.2) is 0 Å². The predicted molar refractivity (Wildman–Crippen MR) is 107 cm³/mol. The van der Waals surface area contributed by atoms with Gasteiger partial charge in [0, 0.05) is 29.7 Å². The molecule has 2 aromatic carbocycles. The van der Waals surface area contributed by atoms with Crippen molar-refractivity contribution in [2.75, 3.05) is 13.6 Å². The highest BCUT2D eigenvalue weighted by Gasteiger charge is 2.10. The predicted octanol–water partition coefficient (Wildman–Crippen LogP) is 2.59. The Morgan fingerprint density at radius 2 is 1.93 bits per heavy atom. The molecule has 0 spiro atoms. The molecule has 8 heteroatoms. The Hall–Kier alpha value is -2.97. The fourth-order valence-corrected chi connectivity index (χ4v) is 3.51. The number of hydrogen-bond donors (Lipinski definition) is 3. The number of hydrogen-bond acceptors (Lipinski definition) is 3. The molecule has 0 saturated heterocycles. The summed E-state index contributed by atoms with van der Waals surface area (Å²) < 4.78 is 39.0. The van der Waals surface area contributed by atoms with E-state index in [9.17, 15) is 17.6 Å². The molecule has 28 heavy (non-hydrogen) atoms. The number of H-pyrrole nitrogens is 1. The van der Waals surface area contributed by atoms with Crippen LogP contribution in [0, 0.1) is 5.82 Å². The molecular formula is C20H20FN3O3S.